The lowest BCUT2D eigenvalue weighted by Crippen LogP contribution is -2.13. The zero-order valence-corrected chi connectivity index (χ0v) is 14.6. The molecule has 1 amide bonds. The molecule has 0 aliphatic rings. The van der Waals surface area contributed by atoms with Crippen molar-refractivity contribution in [2.75, 3.05) is 5.32 Å². The molecule has 1 aromatic carbocycles. The van der Waals surface area contributed by atoms with Crippen molar-refractivity contribution in [1.82, 2.24) is 14.8 Å². The number of amides is 1. The van der Waals surface area contributed by atoms with Crippen LogP contribution < -0.4 is 5.32 Å². The van der Waals surface area contributed by atoms with Crippen molar-refractivity contribution in [3.05, 3.63) is 69.6 Å². The summed E-state index contributed by atoms with van der Waals surface area (Å²) in [5.74, 6) is 0.365. The van der Waals surface area contributed by atoms with Crippen LogP contribution in [0.3, 0.4) is 0 Å². The maximum Gasteiger partial charge on any atom is 0.257 e. The second-order valence-corrected chi connectivity index (χ2v) is 6.23. The Kier molecular flexibility index (Phi) is 4.55. The van der Waals surface area contributed by atoms with E-state index in [1.54, 1.807) is 35.0 Å². The first-order valence-corrected chi connectivity index (χ1v) is 7.95. The van der Waals surface area contributed by atoms with E-state index in [4.69, 9.17) is 23.2 Å². The first-order chi connectivity index (χ1) is 11.4. The molecule has 2 aromatic heterocycles. The summed E-state index contributed by atoms with van der Waals surface area (Å²) in [6.45, 7) is 3.87. The van der Waals surface area contributed by atoms with Gasteiger partial charge < -0.3 is 5.32 Å². The highest BCUT2D eigenvalue weighted by molar-refractivity contribution is 6.35. The Hall–Kier alpha value is -2.37. The summed E-state index contributed by atoms with van der Waals surface area (Å²) in [6.07, 6.45) is 1.51. The second kappa shape index (κ2) is 6.63. The predicted octanol–water partition coefficient (Wildman–Crippen LogP) is 4.44. The van der Waals surface area contributed by atoms with Gasteiger partial charge >= 0.3 is 0 Å². The lowest BCUT2D eigenvalue weighted by atomic mass is 10.2. The topological polar surface area (TPSA) is 59.8 Å². The van der Waals surface area contributed by atoms with Crippen molar-refractivity contribution >= 4 is 34.8 Å². The zero-order chi connectivity index (χ0) is 17.3. The summed E-state index contributed by atoms with van der Waals surface area (Å²) < 4.78 is 1.73. The summed E-state index contributed by atoms with van der Waals surface area (Å²) in [6, 6.07) is 10.3. The summed E-state index contributed by atoms with van der Waals surface area (Å²) in [4.78, 5) is 16.6. The van der Waals surface area contributed by atoms with E-state index in [-0.39, 0.29) is 5.91 Å². The van der Waals surface area contributed by atoms with E-state index in [1.807, 2.05) is 19.9 Å². The quantitative estimate of drug-likeness (QED) is 0.750. The van der Waals surface area contributed by atoms with Gasteiger partial charge in [0.25, 0.3) is 5.91 Å². The number of aromatic nitrogens is 3. The molecular weight excluding hydrogens is 347 g/mol. The van der Waals surface area contributed by atoms with Crippen LogP contribution in [-0.4, -0.2) is 20.7 Å². The number of pyridine rings is 1. The van der Waals surface area contributed by atoms with E-state index in [2.05, 4.69) is 15.4 Å². The number of carbonyl (C=O) groups excluding carboxylic acids is 1. The molecule has 0 radical (unpaired) electrons. The molecule has 0 aliphatic heterocycles. The highest BCUT2D eigenvalue weighted by Crippen LogP contribution is 2.23. The molecule has 3 aromatic rings. The Labute approximate surface area is 149 Å². The monoisotopic (exact) mass is 360 g/mol. The molecule has 0 spiro atoms. The number of halogens is 2. The van der Waals surface area contributed by atoms with Crippen LogP contribution in [0, 0.1) is 13.8 Å². The van der Waals surface area contributed by atoms with Gasteiger partial charge in [-0.05, 0) is 50.2 Å². The zero-order valence-electron chi connectivity index (χ0n) is 13.0. The molecular formula is C17H14Cl2N4O. The average molecular weight is 361 g/mol. The summed E-state index contributed by atoms with van der Waals surface area (Å²) >= 11 is 11.9. The first kappa shape index (κ1) is 16.5. The molecule has 3 rings (SSSR count). The lowest BCUT2D eigenvalue weighted by molar-refractivity contribution is 0.102. The van der Waals surface area contributed by atoms with Gasteiger partial charge in [0, 0.05) is 27.6 Å². The summed E-state index contributed by atoms with van der Waals surface area (Å²) in [5, 5.41) is 8.02. The maximum absolute atomic E-state index is 12.3. The third-order valence-corrected chi connectivity index (χ3v) is 3.79. The Balaban J connectivity index is 1.80. The summed E-state index contributed by atoms with van der Waals surface area (Å²) in [7, 11) is 0. The molecule has 2 heterocycles. The van der Waals surface area contributed by atoms with Crippen molar-refractivity contribution in [1.29, 1.82) is 0 Å². The molecule has 7 heteroatoms. The maximum atomic E-state index is 12.3. The molecule has 5 nitrogen and oxygen atoms in total. The number of carbonyl (C=O) groups is 1. The molecule has 1 N–H and O–H groups in total. The van der Waals surface area contributed by atoms with E-state index >= 15 is 0 Å². The van der Waals surface area contributed by atoms with E-state index in [0.717, 1.165) is 11.4 Å². The van der Waals surface area contributed by atoms with Crippen LogP contribution in [0.5, 0.6) is 0 Å². The standard InChI is InChI=1S/C17H14Cl2N4O/c1-10-5-11(2)23(22-10)16-4-3-12(9-20-16)17(24)21-15-7-13(18)6-14(19)8-15/h3-9H,1-2H3,(H,21,24). The van der Waals surface area contributed by atoms with Gasteiger partial charge in [-0.1, -0.05) is 23.2 Å². The van der Waals surface area contributed by atoms with Crippen molar-refractivity contribution in [3.63, 3.8) is 0 Å². The van der Waals surface area contributed by atoms with Crippen LogP contribution >= 0.6 is 23.2 Å². The van der Waals surface area contributed by atoms with Crippen LogP contribution in [0.2, 0.25) is 10.0 Å². The fraction of sp³-hybridized carbons (Fsp3) is 0.118. The molecule has 0 unspecified atom stereocenters. The molecule has 0 fully saturated rings. The number of nitrogens with one attached hydrogen (secondary N) is 1. The number of hydrogen-bond donors (Lipinski definition) is 1. The largest absolute Gasteiger partial charge is 0.322 e. The average Bonchev–Trinajstić information content (AvgIpc) is 2.85. The van der Waals surface area contributed by atoms with Gasteiger partial charge in [0.1, 0.15) is 0 Å². The van der Waals surface area contributed by atoms with E-state index in [1.165, 1.54) is 6.20 Å². The van der Waals surface area contributed by atoms with Crippen molar-refractivity contribution in [2.24, 2.45) is 0 Å². The Bertz CT molecular complexity index is 883. The number of anilines is 1. The minimum absolute atomic E-state index is 0.291. The Morgan fingerprint density at radius 2 is 1.79 bits per heavy atom. The van der Waals surface area contributed by atoms with Gasteiger partial charge in [-0.2, -0.15) is 5.10 Å². The number of hydrogen-bond acceptors (Lipinski definition) is 3. The molecule has 0 saturated heterocycles. The predicted molar refractivity (Wildman–Crippen MR) is 95.2 cm³/mol. The lowest BCUT2D eigenvalue weighted by Gasteiger charge is -2.07. The Morgan fingerprint density at radius 3 is 2.33 bits per heavy atom. The van der Waals surface area contributed by atoms with Gasteiger partial charge in [0.05, 0.1) is 11.3 Å². The number of nitrogens with zero attached hydrogens (tertiary/aromatic N) is 3. The van der Waals surface area contributed by atoms with Crippen molar-refractivity contribution in [3.8, 4) is 5.82 Å². The highest BCUT2D eigenvalue weighted by atomic mass is 35.5. The van der Waals surface area contributed by atoms with E-state index in [0.29, 0.717) is 27.1 Å². The SMILES string of the molecule is Cc1cc(C)n(-c2ccc(C(=O)Nc3cc(Cl)cc(Cl)c3)cn2)n1. The van der Waals surface area contributed by atoms with Crippen LogP contribution in [0.25, 0.3) is 5.82 Å². The third kappa shape index (κ3) is 3.58. The van der Waals surface area contributed by atoms with Crippen LogP contribution in [0.15, 0.2) is 42.6 Å². The normalized spacial score (nSPS) is 10.7. The molecule has 122 valence electrons. The smallest absolute Gasteiger partial charge is 0.257 e. The second-order valence-electron chi connectivity index (χ2n) is 5.36. The fourth-order valence-electron chi connectivity index (χ4n) is 2.34. The van der Waals surface area contributed by atoms with Crippen molar-refractivity contribution < 1.29 is 4.79 Å². The van der Waals surface area contributed by atoms with Crippen LogP contribution in [-0.2, 0) is 0 Å². The molecule has 24 heavy (non-hydrogen) atoms. The molecule has 0 bridgehead atoms. The number of benzene rings is 1. The molecule has 0 atom stereocenters. The van der Waals surface area contributed by atoms with Crippen LogP contribution in [0.4, 0.5) is 5.69 Å². The van der Waals surface area contributed by atoms with Gasteiger partial charge in [-0.3, -0.25) is 4.79 Å². The van der Waals surface area contributed by atoms with E-state index < -0.39 is 0 Å². The summed E-state index contributed by atoms with van der Waals surface area (Å²) in [5.41, 5.74) is 2.84. The third-order valence-electron chi connectivity index (χ3n) is 3.36. The number of rotatable bonds is 3. The first-order valence-electron chi connectivity index (χ1n) is 7.19. The van der Waals surface area contributed by atoms with Gasteiger partial charge in [-0.15, -0.1) is 0 Å². The molecule has 0 aliphatic carbocycles. The number of aryl methyl sites for hydroxylation is 2. The fourth-order valence-corrected chi connectivity index (χ4v) is 2.86. The Morgan fingerprint density at radius 1 is 1.08 bits per heavy atom. The van der Waals surface area contributed by atoms with Crippen molar-refractivity contribution in [2.45, 2.75) is 13.8 Å². The minimum atomic E-state index is -0.291. The highest BCUT2D eigenvalue weighted by Gasteiger charge is 2.10. The van der Waals surface area contributed by atoms with Crippen LogP contribution in [0.1, 0.15) is 21.7 Å². The van der Waals surface area contributed by atoms with Gasteiger partial charge in [0.15, 0.2) is 5.82 Å². The van der Waals surface area contributed by atoms with Gasteiger partial charge in [-0.25, -0.2) is 9.67 Å². The molecule has 0 saturated carbocycles. The minimum Gasteiger partial charge on any atom is -0.322 e. The van der Waals surface area contributed by atoms with Gasteiger partial charge in [0.2, 0.25) is 0 Å². The van der Waals surface area contributed by atoms with E-state index in [9.17, 15) is 4.79 Å².